The summed E-state index contributed by atoms with van der Waals surface area (Å²) in [6.45, 7) is 0.995. The second kappa shape index (κ2) is 10.5. The van der Waals surface area contributed by atoms with E-state index in [1.165, 1.54) is 35.4 Å². The Labute approximate surface area is 224 Å². The molecule has 0 unspecified atom stereocenters. The number of aromatic nitrogens is 1. The largest absolute Gasteiger partial charge is 0.360 e. The fourth-order valence-corrected chi connectivity index (χ4v) is 5.49. The van der Waals surface area contributed by atoms with Gasteiger partial charge in [0.25, 0.3) is 33.5 Å². The molecule has 1 fully saturated rings. The van der Waals surface area contributed by atoms with Crippen molar-refractivity contribution in [2.45, 2.75) is 4.90 Å². The topological polar surface area (TPSA) is 137 Å². The molecule has 4 aromatic rings. The van der Waals surface area contributed by atoms with E-state index in [0.29, 0.717) is 24.0 Å². The third kappa shape index (κ3) is 5.16. The molecule has 39 heavy (non-hydrogen) atoms. The first-order valence-corrected chi connectivity index (χ1v) is 13.6. The van der Waals surface area contributed by atoms with E-state index in [4.69, 9.17) is 0 Å². The van der Waals surface area contributed by atoms with Crippen molar-refractivity contribution >= 4 is 44.4 Å². The summed E-state index contributed by atoms with van der Waals surface area (Å²) in [5.74, 6) is -2.50. The summed E-state index contributed by atoms with van der Waals surface area (Å²) in [4.78, 5) is 57.6. The standard InChI is InChI=1S/C28H24N4O6S/c33-25(28(36)32-16-14-31(15-17-32)27(35)19-8-3-1-4-9-19)23-18-29-24-21(23)12-7-13-22(24)26(34)30-39(37,38)20-10-5-2-6-11-20/h1-13,18,29H,14-17H2,(H,30,34). The third-order valence-corrected chi connectivity index (χ3v) is 7.90. The van der Waals surface area contributed by atoms with Crippen LogP contribution in [0.25, 0.3) is 10.9 Å². The Morgan fingerprint density at radius 2 is 1.33 bits per heavy atom. The van der Waals surface area contributed by atoms with Gasteiger partial charge in [0, 0.05) is 43.3 Å². The molecular weight excluding hydrogens is 520 g/mol. The number of hydrogen-bond donors (Lipinski definition) is 2. The minimum atomic E-state index is -4.11. The van der Waals surface area contributed by atoms with Crippen molar-refractivity contribution in [1.82, 2.24) is 19.5 Å². The number of nitrogens with one attached hydrogen (secondary N) is 2. The summed E-state index contributed by atoms with van der Waals surface area (Å²) in [6, 6.07) is 20.8. The number of carbonyl (C=O) groups is 4. The number of rotatable bonds is 6. The molecule has 2 N–H and O–H groups in total. The second-order valence-corrected chi connectivity index (χ2v) is 10.6. The summed E-state index contributed by atoms with van der Waals surface area (Å²) < 4.78 is 27.2. The number of fused-ring (bicyclic) bond motifs is 1. The van der Waals surface area contributed by atoms with Crippen LogP contribution < -0.4 is 4.72 Å². The molecule has 5 rings (SSSR count). The second-order valence-electron chi connectivity index (χ2n) is 8.96. The van der Waals surface area contributed by atoms with Crippen molar-refractivity contribution in [1.29, 1.82) is 0 Å². The van der Waals surface area contributed by atoms with Crippen molar-refractivity contribution < 1.29 is 27.6 Å². The molecular formula is C28H24N4O6S. The van der Waals surface area contributed by atoms with Crippen LogP contribution in [-0.2, 0) is 14.8 Å². The molecule has 1 aromatic heterocycles. The maximum absolute atomic E-state index is 13.2. The van der Waals surface area contributed by atoms with Crippen LogP contribution in [0.4, 0.5) is 0 Å². The van der Waals surface area contributed by atoms with Gasteiger partial charge in [-0.15, -0.1) is 0 Å². The summed E-state index contributed by atoms with van der Waals surface area (Å²) in [7, 11) is -4.11. The first-order chi connectivity index (χ1) is 18.8. The van der Waals surface area contributed by atoms with Gasteiger partial charge in [0.1, 0.15) is 0 Å². The molecule has 0 spiro atoms. The quantitative estimate of drug-likeness (QED) is 0.283. The average Bonchev–Trinajstić information content (AvgIpc) is 3.41. The number of sulfonamides is 1. The number of para-hydroxylation sites is 1. The van der Waals surface area contributed by atoms with Crippen LogP contribution in [0.3, 0.4) is 0 Å². The van der Waals surface area contributed by atoms with Gasteiger partial charge in [0.2, 0.25) is 0 Å². The van der Waals surface area contributed by atoms with Gasteiger partial charge in [-0.3, -0.25) is 19.2 Å². The zero-order valence-corrected chi connectivity index (χ0v) is 21.5. The van der Waals surface area contributed by atoms with Crippen molar-refractivity contribution in [2.75, 3.05) is 26.2 Å². The lowest BCUT2D eigenvalue weighted by atomic mass is 10.0. The Hall–Kier alpha value is -4.77. The lowest BCUT2D eigenvalue weighted by Gasteiger charge is -2.34. The highest BCUT2D eigenvalue weighted by atomic mass is 32.2. The number of piperazine rings is 1. The zero-order chi connectivity index (χ0) is 27.6. The Balaban J connectivity index is 1.30. The maximum atomic E-state index is 13.2. The fraction of sp³-hybridized carbons (Fsp3) is 0.143. The van der Waals surface area contributed by atoms with Gasteiger partial charge in [-0.05, 0) is 30.3 Å². The van der Waals surface area contributed by atoms with Crippen molar-refractivity contribution in [3.8, 4) is 0 Å². The Morgan fingerprint density at radius 3 is 2.00 bits per heavy atom. The molecule has 11 heteroatoms. The van der Waals surface area contributed by atoms with Crippen molar-refractivity contribution in [3.63, 3.8) is 0 Å². The molecule has 0 aliphatic carbocycles. The fourth-order valence-electron chi connectivity index (χ4n) is 4.50. The van der Waals surface area contributed by atoms with Crippen LogP contribution >= 0.6 is 0 Å². The van der Waals surface area contributed by atoms with Crippen LogP contribution in [0.15, 0.2) is 90.0 Å². The van der Waals surface area contributed by atoms with Crippen LogP contribution in [0.5, 0.6) is 0 Å². The Kier molecular flexibility index (Phi) is 6.99. The minimum absolute atomic E-state index is 0.00606. The minimum Gasteiger partial charge on any atom is -0.360 e. The van der Waals surface area contributed by atoms with Crippen molar-refractivity contribution in [3.05, 3.63) is 102 Å². The van der Waals surface area contributed by atoms with E-state index in [-0.39, 0.29) is 40.5 Å². The summed E-state index contributed by atoms with van der Waals surface area (Å²) in [6.07, 6.45) is 1.34. The number of carbonyl (C=O) groups excluding carboxylic acids is 4. The van der Waals surface area contributed by atoms with Crippen LogP contribution in [-0.4, -0.2) is 72.9 Å². The molecule has 0 saturated carbocycles. The molecule has 3 amide bonds. The predicted molar refractivity (Wildman–Crippen MR) is 143 cm³/mol. The van der Waals surface area contributed by atoms with Gasteiger partial charge in [0.15, 0.2) is 0 Å². The Bertz CT molecular complexity index is 1680. The highest BCUT2D eigenvalue weighted by molar-refractivity contribution is 7.90. The molecule has 0 atom stereocenters. The maximum Gasteiger partial charge on any atom is 0.295 e. The predicted octanol–water partition coefficient (Wildman–Crippen LogP) is 2.45. The molecule has 3 aromatic carbocycles. The summed E-state index contributed by atoms with van der Waals surface area (Å²) >= 11 is 0. The molecule has 0 radical (unpaired) electrons. The van der Waals surface area contributed by atoms with E-state index >= 15 is 0 Å². The number of ketones is 1. The normalized spacial score (nSPS) is 13.7. The third-order valence-electron chi connectivity index (χ3n) is 6.55. The Morgan fingerprint density at radius 1 is 0.718 bits per heavy atom. The number of H-pyrrole nitrogens is 1. The van der Waals surface area contributed by atoms with E-state index in [1.807, 2.05) is 10.8 Å². The molecule has 0 bridgehead atoms. The smallest absolute Gasteiger partial charge is 0.295 e. The van der Waals surface area contributed by atoms with E-state index < -0.39 is 27.6 Å². The van der Waals surface area contributed by atoms with Gasteiger partial charge in [-0.1, -0.05) is 48.5 Å². The molecule has 1 aliphatic heterocycles. The van der Waals surface area contributed by atoms with E-state index in [0.717, 1.165) is 0 Å². The van der Waals surface area contributed by atoms with Crippen LogP contribution in [0.1, 0.15) is 31.1 Å². The van der Waals surface area contributed by atoms with Crippen molar-refractivity contribution in [2.24, 2.45) is 0 Å². The number of nitrogens with zero attached hydrogens (tertiary/aromatic N) is 2. The van der Waals surface area contributed by atoms with Crippen LogP contribution in [0.2, 0.25) is 0 Å². The lowest BCUT2D eigenvalue weighted by Crippen LogP contribution is -2.52. The van der Waals surface area contributed by atoms with Gasteiger partial charge < -0.3 is 14.8 Å². The van der Waals surface area contributed by atoms with E-state index in [9.17, 15) is 27.6 Å². The highest BCUT2D eigenvalue weighted by Gasteiger charge is 2.30. The molecule has 1 aliphatic rings. The number of benzene rings is 3. The highest BCUT2D eigenvalue weighted by Crippen LogP contribution is 2.24. The summed E-state index contributed by atoms with van der Waals surface area (Å²) in [5.41, 5.74) is 0.862. The van der Waals surface area contributed by atoms with Gasteiger partial charge in [-0.2, -0.15) is 0 Å². The number of hydrogen-bond acceptors (Lipinski definition) is 6. The lowest BCUT2D eigenvalue weighted by molar-refractivity contribution is -0.127. The molecule has 2 heterocycles. The molecule has 198 valence electrons. The number of amides is 3. The molecule has 10 nitrogen and oxygen atoms in total. The monoisotopic (exact) mass is 544 g/mol. The zero-order valence-electron chi connectivity index (χ0n) is 20.7. The average molecular weight is 545 g/mol. The SMILES string of the molecule is O=C(C(=O)N1CCN(C(=O)c2ccccc2)CC1)c1c[nH]c2c(C(=O)NS(=O)(=O)c3ccccc3)cccc12. The molecule has 1 saturated heterocycles. The number of Topliss-reactive ketones (excluding diaryl/α,β-unsaturated/α-hetero) is 1. The van der Waals surface area contributed by atoms with Gasteiger partial charge in [0.05, 0.1) is 21.5 Å². The van der Waals surface area contributed by atoms with Gasteiger partial charge in [-0.25, -0.2) is 13.1 Å². The summed E-state index contributed by atoms with van der Waals surface area (Å²) in [5, 5.41) is 0.316. The number of aromatic amines is 1. The first-order valence-electron chi connectivity index (χ1n) is 12.2. The van der Waals surface area contributed by atoms with Gasteiger partial charge >= 0.3 is 0 Å². The van der Waals surface area contributed by atoms with Crippen LogP contribution in [0, 0.1) is 0 Å². The van der Waals surface area contributed by atoms with E-state index in [1.54, 1.807) is 53.4 Å². The first kappa shape index (κ1) is 25.9. The van der Waals surface area contributed by atoms with E-state index in [2.05, 4.69) is 4.98 Å².